The van der Waals surface area contributed by atoms with Gasteiger partial charge in [0.05, 0.1) is 5.69 Å². The van der Waals surface area contributed by atoms with Crippen molar-refractivity contribution in [1.29, 1.82) is 0 Å². The molecule has 22 heavy (non-hydrogen) atoms. The SMILES string of the molecule is CC(=O)N(N=C1Sc2ccccc2C1=O)c1ccc(Br)cc1. The number of thioether (sulfide) groups is 1. The fraction of sp³-hybridized carbons (Fsp3) is 0.0625. The summed E-state index contributed by atoms with van der Waals surface area (Å²) in [4.78, 5) is 25.1. The van der Waals surface area contributed by atoms with Crippen molar-refractivity contribution in [2.75, 3.05) is 5.01 Å². The standard InChI is InChI=1S/C16H11BrN2O2S/c1-10(20)19(12-8-6-11(17)7-9-12)18-16-15(21)13-4-2-3-5-14(13)22-16/h2-9H,1H3. The maximum absolute atomic E-state index is 12.3. The van der Waals surface area contributed by atoms with E-state index in [-0.39, 0.29) is 11.7 Å². The molecule has 1 heterocycles. The van der Waals surface area contributed by atoms with Crippen LogP contribution >= 0.6 is 27.7 Å². The fourth-order valence-electron chi connectivity index (χ4n) is 2.06. The molecule has 3 rings (SSSR count). The lowest BCUT2D eigenvalue weighted by atomic mass is 10.1. The van der Waals surface area contributed by atoms with Crippen LogP contribution in [-0.2, 0) is 4.79 Å². The molecule has 0 saturated carbocycles. The van der Waals surface area contributed by atoms with Crippen LogP contribution in [0, 0.1) is 0 Å². The highest BCUT2D eigenvalue weighted by Crippen LogP contribution is 2.34. The Morgan fingerprint density at radius 3 is 2.45 bits per heavy atom. The van der Waals surface area contributed by atoms with Crippen LogP contribution in [0.25, 0.3) is 0 Å². The molecule has 0 aliphatic carbocycles. The Kier molecular flexibility index (Phi) is 4.13. The van der Waals surface area contributed by atoms with Gasteiger partial charge in [0.15, 0.2) is 5.04 Å². The number of benzene rings is 2. The minimum atomic E-state index is -0.251. The molecule has 1 aliphatic rings. The number of Topliss-reactive ketones (excluding diaryl/α,β-unsaturated/α-hetero) is 1. The molecule has 1 aliphatic heterocycles. The van der Waals surface area contributed by atoms with Gasteiger partial charge >= 0.3 is 0 Å². The molecule has 0 unspecified atom stereocenters. The molecule has 110 valence electrons. The molecule has 0 radical (unpaired) electrons. The van der Waals surface area contributed by atoms with Gasteiger partial charge in [-0.1, -0.05) is 39.8 Å². The zero-order valence-electron chi connectivity index (χ0n) is 11.6. The van der Waals surface area contributed by atoms with Crippen LogP contribution in [0.15, 0.2) is 63.0 Å². The molecule has 0 aromatic heterocycles. The normalized spacial score (nSPS) is 15.0. The summed E-state index contributed by atoms with van der Waals surface area (Å²) in [5.41, 5.74) is 1.25. The zero-order valence-corrected chi connectivity index (χ0v) is 14.0. The van der Waals surface area contributed by atoms with Crippen molar-refractivity contribution in [1.82, 2.24) is 0 Å². The van der Waals surface area contributed by atoms with Crippen molar-refractivity contribution in [2.24, 2.45) is 5.10 Å². The number of hydrazone groups is 1. The summed E-state index contributed by atoms with van der Waals surface area (Å²) in [5.74, 6) is -0.400. The van der Waals surface area contributed by atoms with Crippen LogP contribution in [0.4, 0.5) is 5.69 Å². The molecule has 0 spiro atoms. The maximum atomic E-state index is 12.3. The Morgan fingerprint density at radius 1 is 1.14 bits per heavy atom. The quantitative estimate of drug-likeness (QED) is 0.743. The summed E-state index contributed by atoms with van der Waals surface area (Å²) in [7, 11) is 0. The molecule has 0 fully saturated rings. The van der Waals surface area contributed by atoms with Gasteiger partial charge in [0, 0.05) is 21.9 Å². The summed E-state index contributed by atoms with van der Waals surface area (Å²) in [6.45, 7) is 1.42. The van der Waals surface area contributed by atoms with Crippen molar-refractivity contribution in [3.63, 3.8) is 0 Å². The lowest BCUT2D eigenvalue weighted by Crippen LogP contribution is -2.24. The van der Waals surface area contributed by atoms with Crippen LogP contribution < -0.4 is 5.01 Å². The third-order valence-electron chi connectivity index (χ3n) is 3.09. The Labute approximate surface area is 140 Å². The first-order valence-electron chi connectivity index (χ1n) is 6.53. The zero-order chi connectivity index (χ0) is 15.7. The van der Waals surface area contributed by atoms with Crippen LogP contribution in [0.3, 0.4) is 0 Å². The van der Waals surface area contributed by atoms with E-state index in [0.29, 0.717) is 16.3 Å². The van der Waals surface area contributed by atoms with Crippen LogP contribution in [0.2, 0.25) is 0 Å². The monoisotopic (exact) mass is 374 g/mol. The number of rotatable bonds is 2. The van der Waals surface area contributed by atoms with Gasteiger partial charge in [-0.15, -0.1) is 0 Å². The van der Waals surface area contributed by atoms with Gasteiger partial charge in [0.25, 0.3) is 0 Å². The number of hydrogen-bond acceptors (Lipinski definition) is 4. The van der Waals surface area contributed by atoms with E-state index in [9.17, 15) is 9.59 Å². The van der Waals surface area contributed by atoms with E-state index in [4.69, 9.17) is 0 Å². The number of halogens is 1. The molecule has 1 amide bonds. The smallest absolute Gasteiger partial charge is 0.244 e. The third kappa shape index (κ3) is 2.84. The van der Waals surface area contributed by atoms with E-state index < -0.39 is 0 Å². The molecule has 0 bridgehead atoms. The number of amides is 1. The van der Waals surface area contributed by atoms with Crippen LogP contribution in [0.5, 0.6) is 0 Å². The molecular weight excluding hydrogens is 364 g/mol. The predicted octanol–water partition coefficient (Wildman–Crippen LogP) is 4.10. The van der Waals surface area contributed by atoms with Crippen molar-refractivity contribution in [3.8, 4) is 0 Å². The first-order valence-corrected chi connectivity index (χ1v) is 8.13. The second-order valence-electron chi connectivity index (χ2n) is 4.64. The average molecular weight is 375 g/mol. The number of ketones is 1. The fourth-order valence-corrected chi connectivity index (χ4v) is 3.27. The van der Waals surface area contributed by atoms with Crippen molar-refractivity contribution in [2.45, 2.75) is 11.8 Å². The Hall–Kier alpha value is -1.92. The number of fused-ring (bicyclic) bond motifs is 1. The van der Waals surface area contributed by atoms with Crippen molar-refractivity contribution < 1.29 is 9.59 Å². The second kappa shape index (κ2) is 6.06. The number of hydrogen-bond donors (Lipinski definition) is 0. The van der Waals surface area contributed by atoms with E-state index in [2.05, 4.69) is 21.0 Å². The first kappa shape index (κ1) is 15.0. The maximum Gasteiger partial charge on any atom is 0.244 e. The van der Waals surface area contributed by atoms with Gasteiger partial charge in [-0.3, -0.25) is 9.59 Å². The van der Waals surface area contributed by atoms with E-state index in [1.54, 1.807) is 18.2 Å². The predicted molar refractivity (Wildman–Crippen MR) is 91.4 cm³/mol. The van der Waals surface area contributed by atoms with Crippen molar-refractivity contribution in [3.05, 3.63) is 58.6 Å². The third-order valence-corrected chi connectivity index (χ3v) is 4.66. The molecule has 2 aromatic rings. The number of anilines is 1. The van der Waals surface area contributed by atoms with Gasteiger partial charge < -0.3 is 0 Å². The summed E-state index contributed by atoms with van der Waals surface area (Å²) >= 11 is 4.64. The second-order valence-corrected chi connectivity index (χ2v) is 6.59. The highest BCUT2D eigenvalue weighted by molar-refractivity contribution is 9.10. The minimum absolute atomic E-state index is 0.149. The summed E-state index contributed by atoms with van der Waals surface area (Å²) < 4.78 is 0.908. The van der Waals surface area contributed by atoms with Gasteiger partial charge in [0.1, 0.15) is 0 Å². The van der Waals surface area contributed by atoms with E-state index >= 15 is 0 Å². The molecule has 0 N–H and O–H groups in total. The summed E-state index contributed by atoms with van der Waals surface area (Å²) in [6.07, 6.45) is 0. The largest absolute Gasteiger partial charge is 0.286 e. The van der Waals surface area contributed by atoms with E-state index in [1.807, 2.05) is 30.3 Å². The van der Waals surface area contributed by atoms with Crippen molar-refractivity contribution >= 4 is 50.1 Å². The molecule has 2 aromatic carbocycles. The van der Waals surface area contributed by atoms with E-state index in [0.717, 1.165) is 9.37 Å². The molecular formula is C16H11BrN2O2S. The Balaban J connectivity index is 1.97. The first-order chi connectivity index (χ1) is 10.6. The Morgan fingerprint density at radius 2 is 1.82 bits per heavy atom. The van der Waals surface area contributed by atoms with Crippen LogP contribution in [-0.4, -0.2) is 16.7 Å². The summed E-state index contributed by atoms with van der Waals surface area (Å²) in [6, 6.07) is 14.5. The summed E-state index contributed by atoms with van der Waals surface area (Å²) in [5, 5.41) is 5.82. The topological polar surface area (TPSA) is 49.7 Å². The Bertz CT molecular complexity index is 787. The minimum Gasteiger partial charge on any atom is -0.286 e. The lowest BCUT2D eigenvalue weighted by molar-refractivity contribution is -0.116. The molecule has 0 atom stereocenters. The van der Waals surface area contributed by atoms with Gasteiger partial charge in [-0.25, -0.2) is 0 Å². The van der Waals surface area contributed by atoms with Gasteiger partial charge in [0.2, 0.25) is 11.7 Å². The van der Waals surface area contributed by atoms with Crippen LogP contribution in [0.1, 0.15) is 17.3 Å². The highest BCUT2D eigenvalue weighted by Gasteiger charge is 2.28. The number of carbonyl (C=O) groups is 2. The number of carbonyl (C=O) groups excluding carboxylic acids is 2. The van der Waals surface area contributed by atoms with E-state index in [1.165, 1.54) is 23.7 Å². The average Bonchev–Trinajstić information content (AvgIpc) is 2.82. The van der Waals surface area contributed by atoms with Gasteiger partial charge in [-0.2, -0.15) is 10.1 Å². The highest BCUT2D eigenvalue weighted by atomic mass is 79.9. The number of nitrogens with zero attached hydrogens (tertiary/aromatic N) is 2. The lowest BCUT2D eigenvalue weighted by Gasteiger charge is -2.15. The molecule has 6 heteroatoms. The molecule has 0 saturated heterocycles. The molecule has 4 nitrogen and oxygen atoms in total. The van der Waals surface area contributed by atoms with Gasteiger partial charge in [-0.05, 0) is 36.4 Å².